The van der Waals surface area contributed by atoms with Crippen LogP contribution < -0.4 is 4.90 Å². The SMILES string of the molecule is CCCc1c(Cl)ncnc1N(C)C(C)Cc1cccs1. The third kappa shape index (κ3) is 3.49. The molecule has 0 aliphatic heterocycles. The molecule has 0 aromatic carbocycles. The second kappa shape index (κ2) is 7.04. The van der Waals surface area contributed by atoms with Crippen molar-refractivity contribution < 1.29 is 0 Å². The molecule has 0 fully saturated rings. The lowest BCUT2D eigenvalue weighted by Gasteiger charge is -2.27. The van der Waals surface area contributed by atoms with E-state index in [2.05, 4.69) is 53.3 Å². The number of likely N-dealkylation sites (N-methyl/N-ethyl adjacent to an activating group) is 1. The highest BCUT2D eigenvalue weighted by Gasteiger charge is 2.18. The number of hydrogen-bond donors (Lipinski definition) is 0. The normalized spacial score (nSPS) is 12.4. The minimum atomic E-state index is 0.371. The standard InChI is InChI=1S/C15H20ClN3S/c1-4-6-13-14(16)17-10-18-15(13)19(3)11(2)9-12-7-5-8-20-12/h5,7-8,10-11H,4,6,9H2,1-3H3. The molecule has 1 unspecified atom stereocenters. The zero-order valence-electron chi connectivity index (χ0n) is 12.1. The smallest absolute Gasteiger partial charge is 0.137 e. The van der Waals surface area contributed by atoms with Crippen molar-refractivity contribution in [3.8, 4) is 0 Å². The molecular formula is C15H20ClN3S. The molecule has 20 heavy (non-hydrogen) atoms. The molecule has 0 radical (unpaired) electrons. The Balaban J connectivity index is 2.19. The highest BCUT2D eigenvalue weighted by molar-refractivity contribution is 7.09. The summed E-state index contributed by atoms with van der Waals surface area (Å²) in [7, 11) is 2.08. The molecule has 0 saturated carbocycles. The molecule has 2 aromatic rings. The van der Waals surface area contributed by atoms with E-state index in [0.717, 1.165) is 30.6 Å². The summed E-state index contributed by atoms with van der Waals surface area (Å²) in [5.41, 5.74) is 1.05. The van der Waals surface area contributed by atoms with Gasteiger partial charge in [-0.2, -0.15) is 0 Å². The van der Waals surface area contributed by atoms with Gasteiger partial charge in [0.2, 0.25) is 0 Å². The van der Waals surface area contributed by atoms with E-state index >= 15 is 0 Å². The quantitative estimate of drug-likeness (QED) is 0.748. The van der Waals surface area contributed by atoms with Gasteiger partial charge in [0.1, 0.15) is 17.3 Å². The lowest BCUT2D eigenvalue weighted by atomic mass is 10.1. The van der Waals surface area contributed by atoms with Crippen molar-refractivity contribution in [1.82, 2.24) is 9.97 Å². The van der Waals surface area contributed by atoms with E-state index in [1.807, 2.05) is 0 Å². The summed E-state index contributed by atoms with van der Waals surface area (Å²) >= 11 is 8.02. The summed E-state index contributed by atoms with van der Waals surface area (Å²) < 4.78 is 0. The van der Waals surface area contributed by atoms with Gasteiger partial charge < -0.3 is 4.90 Å². The number of nitrogens with zero attached hydrogens (tertiary/aromatic N) is 3. The third-order valence-electron chi connectivity index (χ3n) is 3.44. The van der Waals surface area contributed by atoms with Crippen LogP contribution in [0.5, 0.6) is 0 Å². The van der Waals surface area contributed by atoms with Gasteiger partial charge in [-0.1, -0.05) is 31.0 Å². The van der Waals surface area contributed by atoms with Crippen LogP contribution in [-0.4, -0.2) is 23.1 Å². The van der Waals surface area contributed by atoms with Crippen LogP contribution in [0.3, 0.4) is 0 Å². The van der Waals surface area contributed by atoms with E-state index in [-0.39, 0.29) is 0 Å². The predicted molar refractivity (Wildman–Crippen MR) is 86.9 cm³/mol. The highest BCUT2D eigenvalue weighted by atomic mass is 35.5. The van der Waals surface area contributed by atoms with Crippen LogP contribution in [0.4, 0.5) is 5.82 Å². The van der Waals surface area contributed by atoms with Crippen LogP contribution in [0.1, 0.15) is 30.7 Å². The van der Waals surface area contributed by atoms with Crippen molar-refractivity contribution >= 4 is 28.8 Å². The molecule has 0 N–H and O–H groups in total. The molecule has 2 rings (SSSR count). The van der Waals surface area contributed by atoms with Gasteiger partial charge in [-0.15, -0.1) is 11.3 Å². The van der Waals surface area contributed by atoms with Gasteiger partial charge in [0.15, 0.2) is 0 Å². The number of halogens is 1. The Bertz CT molecular complexity index is 542. The first-order valence-electron chi connectivity index (χ1n) is 6.88. The van der Waals surface area contributed by atoms with E-state index < -0.39 is 0 Å². The van der Waals surface area contributed by atoms with Crippen molar-refractivity contribution in [3.05, 3.63) is 39.4 Å². The molecule has 5 heteroatoms. The molecule has 2 heterocycles. The number of rotatable bonds is 6. The number of thiophene rings is 1. The molecule has 108 valence electrons. The van der Waals surface area contributed by atoms with Gasteiger partial charge in [0.25, 0.3) is 0 Å². The van der Waals surface area contributed by atoms with Crippen LogP contribution >= 0.6 is 22.9 Å². The van der Waals surface area contributed by atoms with Gasteiger partial charge in [0, 0.05) is 30.0 Å². The number of anilines is 1. The minimum Gasteiger partial charge on any atom is -0.356 e. The summed E-state index contributed by atoms with van der Waals surface area (Å²) in [5.74, 6) is 0.955. The second-order valence-electron chi connectivity index (χ2n) is 4.96. The first-order valence-corrected chi connectivity index (χ1v) is 8.13. The maximum atomic E-state index is 6.22. The van der Waals surface area contributed by atoms with Crippen LogP contribution in [-0.2, 0) is 12.8 Å². The molecular weight excluding hydrogens is 290 g/mol. The molecule has 0 bridgehead atoms. The average molecular weight is 310 g/mol. The minimum absolute atomic E-state index is 0.371. The second-order valence-corrected chi connectivity index (χ2v) is 6.35. The Kier molecular flexibility index (Phi) is 5.38. The largest absolute Gasteiger partial charge is 0.356 e. The topological polar surface area (TPSA) is 29.0 Å². The molecule has 0 spiro atoms. The lowest BCUT2D eigenvalue weighted by molar-refractivity contribution is 0.673. The van der Waals surface area contributed by atoms with Gasteiger partial charge in [-0.25, -0.2) is 9.97 Å². The molecule has 1 atom stereocenters. The van der Waals surface area contributed by atoms with Gasteiger partial charge in [-0.05, 0) is 24.8 Å². The Morgan fingerprint density at radius 1 is 1.40 bits per heavy atom. The van der Waals surface area contributed by atoms with Gasteiger partial charge in [0.05, 0.1) is 0 Å². The average Bonchev–Trinajstić information content (AvgIpc) is 2.93. The fourth-order valence-electron chi connectivity index (χ4n) is 2.22. The monoisotopic (exact) mass is 309 g/mol. The molecule has 2 aromatic heterocycles. The summed E-state index contributed by atoms with van der Waals surface area (Å²) in [4.78, 5) is 12.1. The van der Waals surface area contributed by atoms with Crippen LogP contribution in [0.2, 0.25) is 5.15 Å². The van der Waals surface area contributed by atoms with E-state index in [9.17, 15) is 0 Å². The third-order valence-corrected chi connectivity index (χ3v) is 4.67. The molecule has 3 nitrogen and oxygen atoms in total. The maximum absolute atomic E-state index is 6.22. The zero-order chi connectivity index (χ0) is 14.5. The first-order chi connectivity index (χ1) is 9.63. The first kappa shape index (κ1) is 15.3. The Morgan fingerprint density at radius 2 is 2.20 bits per heavy atom. The lowest BCUT2D eigenvalue weighted by Crippen LogP contribution is -2.32. The number of hydrogen-bond acceptors (Lipinski definition) is 4. The Hall–Kier alpha value is -1.13. The van der Waals surface area contributed by atoms with Gasteiger partial charge in [-0.3, -0.25) is 0 Å². The van der Waals surface area contributed by atoms with Crippen molar-refractivity contribution in [2.75, 3.05) is 11.9 Å². The molecule has 0 saturated heterocycles. The Morgan fingerprint density at radius 3 is 2.85 bits per heavy atom. The van der Waals surface area contributed by atoms with Crippen molar-refractivity contribution in [2.45, 2.75) is 39.2 Å². The Labute approximate surface area is 129 Å². The van der Waals surface area contributed by atoms with Crippen molar-refractivity contribution in [3.63, 3.8) is 0 Å². The van der Waals surface area contributed by atoms with Crippen LogP contribution in [0.25, 0.3) is 0 Å². The fraction of sp³-hybridized carbons (Fsp3) is 0.467. The summed E-state index contributed by atoms with van der Waals surface area (Å²) in [5, 5.41) is 2.69. The van der Waals surface area contributed by atoms with Crippen LogP contribution in [0, 0.1) is 0 Å². The predicted octanol–water partition coefficient (Wildman–Crippen LogP) is 4.21. The van der Waals surface area contributed by atoms with Crippen molar-refractivity contribution in [2.24, 2.45) is 0 Å². The summed E-state index contributed by atoms with van der Waals surface area (Å²) in [6.45, 7) is 4.35. The molecule has 0 aliphatic rings. The van der Waals surface area contributed by atoms with Crippen molar-refractivity contribution in [1.29, 1.82) is 0 Å². The zero-order valence-corrected chi connectivity index (χ0v) is 13.7. The fourth-order valence-corrected chi connectivity index (χ4v) is 3.27. The van der Waals surface area contributed by atoms with E-state index in [4.69, 9.17) is 11.6 Å². The van der Waals surface area contributed by atoms with E-state index in [0.29, 0.717) is 11.2 Å². The maximum Gasteiger partial charge on any atom is 0.137 e. The highest BCUT2D eigenvalue weighted by Crippen LogP contribution is 2.26. The van der Waals surface area contributed by atoms with Gasteiger partial charge >= 0.3 is 0 Å². The summed E-state index contributed by atoms with van der Waals surface area (Å²) in [6, 6.07) is 4.64. The summed E-state index contributed by atoms with van der Waals surface area (Å²) in [6.07, 6.45) is 4.50. The van der Waals surface area contributed by atoms with E-state index in [1.54, 1.807) is 17.7 Å². The van der Waals surface area contributed by atoms with E-state index in [1.165, 1.54) is 4.88 Å². The molecule has 0 amide bonds. The van der Waals surface area contributed by atoms with Crippen LogP contribution in [0.15, 0.2) is 23.8 Å². The molecule has 0 aliphatic carbocycles. The number of aromatic nitrogens is 2.